The van der Waals surface area contributed by atoms with E-state index < -0.39 is 12.1 Å². The average molecular weight is 426 g/mol. The normalized spacial score (nSPS) is 20.8. The third-order valence-electron chi connectivity index (χ3n) is 6.32. The molecule has 3 N–H and O–H groups in total. The Morgan fingerprint density at radius 3 is 2.84 bits per heavy atom. The van der Waals surface area contributed by atoms with Gasteiger partial charge in [-0.3, -0.25) is 9.78 Å². The summed E-state index contributed by atoms with van der Waals surface area (Å²) in [4.78, 5) is 16.4. The number of aromatic nitrogens is 1. The number of nitrogens with one attached hydrogen (secondary N) is 2. The number of benzene rings is 1. The van der Waals surface area contributed by atoms with E-state index >= 15 is 0 Å². The maximum Gasteiger partial charge on any atom is 0.246 e. The van der Waals surface area contributed by atoms with E-state index in [4.69, 9.17) is 9.47 Å². The topological polar surface area (TPSA) is 92.7 Å². The van der Waals surface area contributed by atoms with Crippen molar-refractivity contribution >= 4 is 5.91 Å². The maximum atomic E-state index is 12.2. The molecular formula is C24H31N3O4. The molecule has 1 spiro atoms. The molecular weight excluding hydrogens is 394 g/mol. The van der Waals surface area contributed by atoms with Gasteiger partial charge < -0.3 is 25.2 Å². The summed E-state index contributed by atoms with van der Waals surface area (Å²) in [6.07, 6.45) is 7.48. The first-order valence-electron chi connectivity index (χ1n) is 11.0. The summed E-state index contributed by atoms with van der Waals surface area (Å²) >= 11 is 0. The van der Waals surface area contributed by atoms with Crippen LogP contribution in [0.25, 0.3) is 0 Å². The van der Waals surface area contributed by atoms with Gasteiger partial charge >= 0.3 is 0 Å². The predicted octanol–water partition coefficient (Wildman–Crippen LogP) is 2.15. The van der Waals surface area contributed by atoms with Crippen LogP contribution in [0.2, 0.25) is 0 Å². The van der Waals surface area contributed by atoms with Gasteiger partial charge in [-0.15, -0.1) is 0 Å². The van der Waals surface area contributed by atoms with Crippen LogP contribution in [0.4, 0.5) is 0 Å². The fourth-order valence-corrected chi connectivity index (χ4v) is 4.52. The zero-order valence-corrected chi connectivity index (χ0v) is 17.9. The lowest BCUT2D eigenvalue weighted by molar-refractivity contribution is -0.126. The monoisotopic (exact) mass is 425 g/mol. The summed E-state index contributed by atoms with van der Waals surface area (Å²) < 4.78 is 11.2. The molecule has 2 aromatic rings. The molecule has 1 aliphatic carbocycles. The van der Waals surface area contributed by atoms with Gasteiger partial charge in [0.15, 0.2) is 0 Å². The van der Waals surface area contributed by atoms with Gasteiger partial charge in [-0.2, -0.15) is 0 Å². The SMILES string of the molecule is COCC(=O)N[C@@H](Cc1ccccc1)[C@H](O)CN[C@H]1CC2(CCC2)Oc2cnccc21. The predicted molar refractivity (Wildman–Crippen MR) is 117 cm³/mol. The summed E-state index contributed by atoms with van der Waals surface area (Å²) in [7, 11) is 1.48. The maximum absolute atomic E-state index is 12.2. The van der Waals surface area contributed by atoms with Gasteiger partial charge in [-0.05, 0) is 37.3 Å². The Morgan fingerprint density at radius 1 is 1.32 bits per heavy atom. The molecule has 0 radical (unpaired) electrons. The number of rotatable bonds is 9. The molecule has 1 amide bonds. The second-order valence-corrected chi connectivity index (χ2v) is 8.58. The van der Waals surface area contributed by atoms with Crippen LogP contribution in [0.15, 0.2) is 48.8 Å². The molecule has 2 heterocycles. The molecule has 1 saturated carbocycles. The first kappa shape index (κ1) is 21.7. The van der Waals surface area contributed by atoms with Crippen LogP contribution < -0.4 is 15.4 Å². The number of amides is 1. The van der Waals surface area contributed by atoms with Gasteiger partial charge in [-0.25, -0.2) is 0 Å². The van der Waals surface area contributed by atoms with Crippen molar-refractivity contribution in [2.24, 2.45) is 0 Å². The van der Waals surface area contributed by atoms with E-state index in [9.17, 15) is 9.90 Å². The number of carbonyl (C=O) groups is 1. The third-order valence-corrected chi connectivity index (χ3v) is 6.32. The smallest absolute Gasteiger partial charge is 0.246 e. The lowest BCUT2D eigenvalue weighted by Crippen LogP contribution is -2.52. The Hall–Kier alpha value is -2.48. The molecule has 166 valence electrons. The van der Waals surface area contributed by atoms with E-state index in [1.165, 1.54) is 13.5 Å². The number of aliphatic hydroxyl groups is 1. The number of nitrogens with zero attached hydrogens (tertiary/aromatic N) is 1. The molecule has 7 nitrogen and oxygen atoms in total. The molecule has 3 atom stereocenters. The minimum absolute atomic E-state index is 0.0334. The lowest BCUT2D eigenvalue weighted by atomic mass is 9.73. The molecule has 0 saturated heterocycles. The summed E-state index contributed by atoms with van der Waals surface area (Å²) in [6.45, 7) is 0.321. The van der Waals surface area contributed by atoms with E-state index in [0.717, 1.165) is 36.1 Å². The number of hydrogen-bond donors (Lipinski definition) is 3. The van der Waals surface area contributed by atoms with Crippen LogP contribution >= 0.6 is 0 Å². The van der Waals surface area contributed by atoms with Gasteiger partial charge in [0, 0.05) is 37.9 Å². The average Bonchev–Trinajstić information content (AvgIpc) is 2.76. The van der Waals surface area contributed by atoms with Gasteiger partial charge in [-0.1, -0.05) is 30.3 Å². The van der Waals surface area contributed by atoms with Crippen molar-refractivity contribution < 1.29 is 19.4 Å². The van der Waals surface area contributed by atoms with E-state index in [1.807, 2.05) is 36.4 Å². The summed E-state index contributed by atoms with van der Waals surface area (Å²) in [6, 6.07) is 11.5. The van der Waals surface area contributed by atoms with Gasteiger partial charge in [0.2, 0.25) is 5.91 Å². The Labute approximate surface area is 183 Å². The lowest BCUT2D eigenvalue weighted by Gasteiger charge is -2.48. The van der Waals surface area contributed by atoms with Gasteiger partial charge in [0.1, 0.15) is 18.0 Å². The molecule has 31 heavy (non-hydrogen) atoms. The van der Waals surface area contributed by atoms with Crippen LogP contribution in [-0.2, 0) is 16.0 Å². The molecule has 1 aromatic heterocycles. The number of carbonyl (C=O) groups excluding carboxylic acids is 1. The van der Waals surface area contributed by atoms with E-state index in [-0.39, 0.29) is 24.2 Å². The third kappa shape index (κ3) is 5.23. The van der Waals surface area contributed by atoms with Crippen LogP contribution in [0.5, 0.6) is 5.75 Å². The standard InChI is InChI=1S/C24H31N3O4/c1-30-16-23(29)27-19(12-17-6-3-2-4-7-17)21(28)14-26-20-13-24(9-5-10-24)31-22-15-25-11-8-18(20)22/h2-4,6-8,11,15,19-21,26,28H,5,9-10,12-14,16H2,1H3,(H,27,29)/t19-,20-,21+/m0/s1. The van der Waals surface area contributed by atoms with Crippen molar-refractivity contribution in [2.75, 3.05) is 20.3 Å². The molecule has 1 aliphatic heterocycles. The van der Waals surface area contributed by atoms with E-state index in [1.54, 1.807) is 12.4 Å². The largest absolute Gasteiger partial charge is 0.485 e. The van der Waals surface area contributed by atoms with Crippen molar-refractivity contribution in [3.63, 3.8) is 0 Å². The number of hydrogen-bond acceptors (Lipinski definition) is 6. The van der Waals surface area contributed by atoms with Gasteiger partial charge in [0.25, 0.3) is 0 Å². The molecule has 0 unspecified atom stereocenters. The van der Waals surface area contributed by atoms with Crippen molar-refractivity contribution in [3.05, 3.63) is 59.9 Å². The van der Waals surface area contributed by atoms with Crippen LogP contribution in [0, 0.1) is 0 Å². The number of ether oxygens (including phenoxy) is 2. The zero-order valence-electron chi connectivity index (χ0n) is 17.9. The molecule has 4 rings (SSSR count). The minimum Gasteiger partial charge on any atom is -0.485 e. The Bertz CT molecular complexity index is 872. The molecule has 2 aliphatic rings. The van der Waals surface area contributed by atoms with E-state index in [0.29, 0.717) is 13.0 Å². The van der Waals surface area contributed by atoms with Crippen LogP contribution in [0.1, 0.15) is 42.9 Å². The Morgan fingerprint density at radius 2 is 2.13 bits per heavy atom. The van der Waals surface area contributed by atoms with Crippen LogP contribution in [0.3, 0.4) is 0 Å². The second kappa shape index (κ2) is 9.77. The number of methoxy groups -OCH3 is 1. The van der Waals surface area contributed by atoms with Crippen molar-refractivity contribution in [3.8, 4) is 5.75 Å². The van der Waals surface area contributed by atoms with Crippen molar-refractivity contribution in [2.45, 2.75) is 55.9 Å². The molecule has 1 fully saturated rings. The van der Waals surface area contributed by atoms with Crippen molar-refractivity contribution in [1.82, 2.24) is 15.6 Å². The van der Waals surface area contributed by atoms with Crippen LogP contribution in [-0.4, -0.2) is 54.0 Å². The molecule has 1 aromatic carbocycles. The fraction of sp³-hybridized carbons (Fsp3) is 0.500. The number of fused-ring (bicyclic) bond motifs is 1. The van der Waals surface area contributed by atoms with E-state index in [2.05, 4.69) is 15.6 Å². The summed E-state index contributed by atoms with van der Waals surface area (Å²) in [5, 5.41) is 17.5. The quantitative estimate of drug-likeness (QED) is 0.570. The van der Waals surface area contributed by atoms with Crippen molar-refractivity contribution in [1.29, 1.82) is 0 Å². The van der Waals surface area contributed by atoms with Gasteiger partial charge in [0.05, 0.1) is 18.3 Å². The highest BCUT2D eigenvalue weighted by atomic mass is 16.5. The zero-order chi connectivity index (χ0) is 21.7. The second-order valence-electron chi connectivity index (χ2n) is 8.58. The Balaban J connectivity index is 1.44. The summed E-state index contributed by atoms with van der Waals surface area (Å²) in [5.74, 6) is 0.591. The fourth-order valence-electron chi connectivity index (χ4n) is 4.52. The Kier molecular flexibility index (Phi) is 6.85. The number of aliphatic hydroxyl groups excluding tert-OH is 1. The first-order chi connectivity index (χ1) is 15.1. The molecule has 0 bridgehead atoms. The highest BCUT2D eigenvalue weighted by Gasteiger charge is 2.45. The number of pyridine rings is 1. The minimum atomic E-state index is -0.758. The molecule has 7 heteroatoms. The summed E-state index contributed by atoms with van der Waals surface area (Å²) in [5.41, 5.74) is 2.01. The highest BCUT2D eigenvalue weighted by Crippen LogP contribution is 2.48. The first-order valence-corrected chi connectivity index (χ1v) is 11.0. The highest BCUT2D eigenvalue weighted by molar-refractivity contribution is 5.77.